The fraction of sp³-hybridized carbons (Fsp3) is 0.364. The fourth-order valence-electron chi connectivity index (χ4n) is 3.67. The van der Waals surface area contributed by atoms with Crippen LogP contribution < -0.4 is 15.1 Å². The molecular weight excluding hydrogens is 374 g/mol. The number of rotatable bonds is 4. The molecular formula is C22H26ClN3O2. The lowest BCUT2D eigenvalue weighted by Crippen LogP contribution is -2.45. The van der Waals surface area contributed by atoms with E-state index in [2.05, 4.69) is 49.3 Å². The van der Waals surface area contributed by atoms with Crippen LogP contribution in [0.5, 0.6) is 5.75 Å². The first-order valence-electron chi connectivity index (χ1n) is 9.27. The Hall–Kier alpha value is -2.53. The van der Waals surface area contributed by atoms with Crippen molar-refractivity contribution in [1.82, 2.24) is 5.43 Å². The first kappa shape index (κ1) is 20.2. The Bertz CT molecular complexity index is 907. The molecule has 0 radical (unpaired) electrons. The highest BCUT2D eigenvalue weighted by Gasteiger charge is 2.34. The molecule has 1 N–H and O–H groups in total. The molecule has 0 aliphatic carbocycles. The van der Waals surface area contributed by atoms with Gasteiger partial charge in [0.05, 0.1) is 18.3 Å². The van der Waals surface area contributed by atoms with E-state index in [1.165, 1.54) is 5.56 Å². The van der Waals surface area contributed by atoms with Crippen molar-refractivity contribution in [2.45, 2.75) is 38.6 Å². The van der Waals surface area contributed by atoms with Gasteiger partial charge in [-0.2, -0.15) is 5.10 Å². The van der Waals surface area contributed by atoms with E-state index in [4.69, 9.17) is 16.3 Å². The van der Waals surface area contributed by atoms with Gasteiger partial charge in [0.1, 0.15) is 5.75 Å². The maximum absolute atomic E-state index is 12.2. The Labute approximate surface area is 171 Å². The molecule has 0 saturated heterocycles. The van der Waals surface area contributed by atoms with Gasteiger partial charge in [-0.3, -0.25) is 4.79 Å². The van der Waals surface area contributed by atoms with Crippen LogP contribution in [0, 0.1) is 0 Å². The number of fused-ring (bicyclic) bond motifs is 1. The van der Waals surface area contributed by atoms with Crippen LogP contribution in [-0.4, -0.2) is 31.8 Å². The number of methoxy groups -OCH3 is 1. The molecule has 1 aliphatic heterocycles. The normalized spacial score (nSPS) is 18.1. The van der Waals surface area contributed by atoms with Crippen molar-refractivity contribution in [1.29, 1.82) is 0 Å². The zero-order valence-corrected chi connectivity index (χ0v) is 17.7. The van der Waals surface area contributed by atoms with Crippen molar-refractivity contribution in [3.63, 3.8) is 0 Å². The van der Waals surface area contributed by atoms with Crippen molar-refractivity contribution in [2.24, 2.45) is 5.10 Å². The number of hydrazone groups is 1. The van der Waals surface area contributed by atoms with Crippen LogP contribution in [0.1, 0.15) is 54.6 Å². The zero-order chi connectivity index (χ0) is 20.5. The summed E-state index contributed by atoms with van der Waals surface area (Å²) >= 11 is 6.49. The van der Waals surface area contributed by atoms with E-state index in [9.17, 15) is 4.79 Å². The molecule has 0 fully saturated rings. The zero-order valence-electron chi connectivity index (χ0n) is 16.9. The van der Waals surface area contributed by atoms with E-state index in [0.717, 1.165) is 17.7 Å². The van der Waals surface area contributed by atoms with E-state index in [1.807, 2.05) is 6.07 Å². The predicted molar refractivity (Wildman–Crippen MR) is 115 cm³/mol. The first-order chi connectivity index (χ1) is 13.2. The van der Waals surface area contributed by atoms with Gasteiger partial charge >= 0.3 is 0 Å². The van der Waals surface area contributed by atoms with Crippen LogP contribution in [0.4, 0.5) is 5.69 Å². The summed E-state index contributed by atoms with van der Waals surface area (Å²) in [7, 11) is 3.69. The van der Waals surface area contributed by atoms with Gasteiger partial charge in [-0.15, -0.1) is 0 Å². The molecule has 3 rings (SSSR count). The summed E-state index contributed by atoms with van der Waals surface area (Å²) in [6.45, 7) is 6.71. The molecule has 1 heterocycles. The molecule has 0 bridgehead atoms. The minimum Gasteiger partial charge on any atom is -0.497 e. The summed E-state index contributed by atoms with van der Waals surface area (Å²) in [4.78, 5) is 14.5. The summed E-state index contributed by atoms with van der Waals surface area (Å²) in [5.41, 5.74) is 6.31. The van der Waals surface area contributed by atoms with Crippen molar-refractivity contribution < 1.29 is 9.53 Å². The topological polar surface area (TPSA) is 53.9 Å². The molecule has 2 aromatic rings. The average molecular weight is 400 g/mol. The van der Waals surface area contributed by atoms with Crippen molar-refractivity contribution in [2.75, 3.05) is 19.1 Å². The molecule has 1 aliphatic rings. The number of hydrogen-bond donors (Lipinski definition) is 1. The summed E-state index contributed by atoms with van der Waals surface area (Å²) < 4.78 is 5.10. The van der Waals surface area contributed by atoms with Gasteiger partial charge in [-0.25, -0.2) is 5.43 Å². The third kappa shape index (κ3) is 3.99. The maximum Gasteiger partial charge on any atom is 0.271 e. The molecule has 0 aromatic heterocycles. The lowest BCUT2D eigenvalue weighted by molar-refractivity contribution is 0.0955. The maximum atomic E-state index is 12.2. The van der Waals surface area contributed by atoms with E-state index < -0.39 is 0 Å². The molecule has 1 amide bonds. The Kier molecular flexibility index (Phi) is 5.66. The molecule has 1 atom stereocenters. The molecule has 0 spiro atoms. The third-order valence-electron chi connectivity index (χ3n) is 5.47. The molecule has 148 valence electrons. The summed E-state index contributed by atoms with van der Waals surface area (Å²) in [5, 5.41) is 4.70. The molecule has 2 aromatic carbocycles. The van der Waals surface area contributed by atoms with Gasteiger partial charge in [0.15, 0.2) is 0 Å². The monoisotopic (exact) mass is 399 g/mol. The van der Waals surface area contributed by atoms with E-state index in [1.54, 1.807) is 37.6 Å². The van der Waals surface area contributed by atoms with Crippen molar-refractivity contribution in [3.8, 4) is 5.75 Å². The van der Waals surface area contributed by atoms with E-state index in [-0.39, 0.29) is 11.4 Å². The Morgan fingerprint density at radius 2 is 2.00 bits per heavy atom. The highest BCUT2D eigenvalue weighted by molar-refractivity contribution is 6.33. The minimum absolute atomic E-state index is 0.0810. The van der Waals surface area contributed by atoms with Gasteiger partial charge in [0.2, 0.25) is 0 Å². The van der Waals surface area contributed by atoms with Gasteiger partial charge in [0.25, 0.3) is 5.91 Å². The lowest BCUT2D eigenvalue weighted by Gasteiger charge is -2.45. The number of hydrogen-bond acceptors (Lipinski definition) is 4. The summed E-state index contributed by atoms with van der Waals surface area (Å²) in [6, 6.07) is 10.9. The second-order valence-electron chi connectivity index (χ2n) is 7.84. The number of ether oxygens (including phenoxy) is 1. The smallest absolute Gasteiger partial charge is 0.271 e. The number of anilines is 1. The highest BCUT2D eigenvalue weighted by Crippen LogP contribution is 2.44. The van der Waals surface area contributed by atoms with Crippen LogP contribution in [0.2, 0.25) is 5.02 Å². The predicted octanol–water partition coefficient (Wildman–Crippen LogP) is 4.83. The molecule has 5 nitrogen and oxygen atoms in total. The van der Waals surface area contributed by atoms with E-state index >= 15 is 0 Å². The second kappa shape index (κ2) is 7.84. The van der Waals surface area contributed by atoms with Crippen LogP contribution >= 0.6 is 11.6 Å². The first-order valence-corrected chi connectivity index (χ1v) is 9.65. The number of nitrogens with one attached hydrogen (secondary N) is 1. The van der Waals surface area contributed by atoms with Crippen LogP contribution in [0.3, 0.4) is 0 Å². The molecule has 0 saturated carbocycles. The van der Waals surface area contributed by atoms with Gasteiger partial charge in [-0.1, -0.05) is 18.5 Å². The number of halogens is 1. The Balaban J connectivity index is 1.77. The van der Waals surface area contributed by atoms with Gasteiger partial charge in [-0.05, 0) is 68.1 Å². The number of carbonyl (C=O) groups excluding carboxylic acids is 1. The van der Waals surface area contributed by atoms with Crippen LogP contribution in [0.15, 0.2) is 41.5 Å². The summed E-state index contributed by atoms with van der Waals surface area (Å²) in [5.74, 6) is 0.825. The minimum atomic E-state index is -0.289. The number of nitrogens with zero attached hydrogens (tertiary/aromatic N) is 2. The van der Waals surface area contributed by atoms with Gasteiger partial charge in [0, 0.05) is 29.4 Å². The second-order valence-corrected chi connectivity index (χ2v) is 8.24. The number of benzene rings is 2. The van der Waals surface area contributed by atoms with Gasteiger partial charge < -0.3 is 9.64 Å². The number of carbonyl (C=O) groups is 1. The molecule has 6 heteroatoms. The largest absolute Gasteiger partial charge is 0.497 e. The van der Waals surface area contributed by atoms with Crippen LogP contribution in [-0.2, 0) is 0 Å². The van der Waals surface area contributed by atoms with Crippen molar-refractivity contribution in [3.05, 3.63) is 58.1 Å². The molecule has 28 heavy (non-hydrogen) atoms. The standard InChI is InChI=1S/C22H26ClN3O2/c1-14-12-22(2,3)26(4)20-11-19(23)16(10-18(14)20)13-24-25-21(27)15-6-8-17(28-5)9-7-15/h6-11,13-14H,12H2,1-5H3,(H,25,27)/b24-13-/t14-/m0/s1. The quantitative estimate of drug-likeness (QED) is 0.591. The fourth-order valence-corrected chi connectivity index (χ4v) is 3.88. The average Bonchev–Trinajstić information content (AvgIpc) is 2.66. The van der Waals surface area contributed by atoms with E-state index in [0.29, 0.717) is 22.3 Å². The van der Waals surface area contributed by atoms with Crippen molar-refractivity contribution >= 4 is 29.4 Å². The Morgan fingerprint density at radius 1 is 1.32 bits per heavy atom. The van der Waals surface area contributed by atoms with Crippen LogP contribution in [0.25, 0.3) is 0 Å². The molecule has 0 unspecified atom stereocenters. The summed E-state index contributed by atoms with van der Waals surface area (Å²) in [6.07, 6.45) is 2.65. The highest BCUT2D eigenvalue weighted by atomic mass is 35.5. The number of amides is 1. The Morgan fingerprint density at radius 3 is 2.64 bits per heavy atom. The SMILES string of the molecule is COc1ccc(C(=O)N/N=C\c2cc3c(cc2Cl)N(C)C(C)(C)C[C@@H]3C)cc1. The third-order valence-corrected chi connectivity index (χ3v) is 5.80. The lowest BCUT2D eigenvalue weighted by atomic mass is 9.80.